The Bertz CT molecular complexity index is 312. The Kier molecular flexibility index (Phi) is 6.50. The maximum atomic E-state index is 12.6. The molecule has 2 atom stereocenters. The second kappa shape index (κ2) is 8.16. The molecule has 2 amide bonds. The highest BCUT2D eigenvalue weighted by molar-refractivity contribution is 5.74. The summed E-state index contributed by atoms with van der Waals surface area (Å²) in [4.78, 5) is 16.5. The Morgan fingerprint density at radius 1 is 0.864 bits per heavy atom. The highest BCUT2D eigenvalue weighted by Gasteiger charge is 2.29. The van der Waals surface area contributed by atoms with E-state index in [2.05, 4.69) is 0 Å². The van der Waals surface area contributed by atoms with Crippen LogP contribution in [0.3, 0.4) is 0 Å². The molecule has 0 radical (unpaired) electrons. The summed E-state index contributed by atoms with van der Waals surface area (Å²) in [6.45, 7) is 6.98. The number of piperidine rings is 2. The van der Waals surface area contributed by atoms with E-state index in [-0.39, 0.29) is 18.2 Å². The molecule has 5 nitrogen and oxygen atoms in total. The molecular formula is C17H32N2O3. The molecule has 2 saturated heterocycles. The third-order valence-corrected chi connectivity index (χ3v) is 5.12. The third kappa shape index (κ3) is 5.13. The van der Waals surface area contributed by atoms with Crippen molar-refractivity contribution in [3.63, 3.8) is 0 Å². The molecule has 2 aliphatic heterocycles. The maximum absolute atomic E-state index is 12.6. The van der Waals surface area contributed by atoms with Crippen molar-refractivity contribution < 1.29 is 15.0 Å². The zero-order valence-electron chi connectivity index (χ0n) is 14.1. The van der Waals surface area contributed by atoms with Crippen molar-refractivity contribution in [1.29, 1.82) is 0 Å². The van der Waals surface area contributed by atoms with Crippen LogP contribution in [0.5, 0.6) is 0 Å². The van der Waals surface area contributed by atoms with Gasteiger partial charge in [-0.2, -0.15) is 0 Å². The van der Waals surface area contributed by atoms with Gasteiger partial charge in [0, 0.05) is 26.2 Å². The average molecular weight is 312 g/mol. The summed E-state index contributed by atoms with van der Waals surface area (Å²) < 4.78 is 0. The summed E-state index contributed by atoms with van der Waals surface area (Å²) in [5.74, 6) is 1.11. The van der Waals surface area contributed by atoms with Gasteiger partial charge in [-0.3, -0.25) is 0 Å². The molecule has 2 rings (SSSR count). The number of aliphatic hydroxyl groups is 2. The molecule has 128 valence electrons. The minimum atomic E-state index is -0.236. The molecule has 0 saturated carbocycles. The van der Waals surface area contributed by atoms with Crippen molar-refractivity contribution in [2.75, 3.05) is 26.2 Å². The van der Waals surface area contributed by atoms with Gasteiger partial charge in [0.25, 0.3) is 0 Å². The van der Waals surface area contributed by atoms with E-state index >= 15 is 0 Å². The van der Waals surface area contributed by atoms with Crippen LogP contribution in [0.1, 0.15) is 52.4 Å². The molecule has 0 aromatic heterocycles. The van der Waals surface area contributed by atoms with Gasteiger partial charge in [0.1, 0.15) is 0 Å². The van der Waals surface area contributed by atoms with Gasteiger partial charge in [0.05, 0.1) is 12.2 Å². The fraction of sp³-hybridized carbons (Fsp3) is 0.941. The van der Waals surface area contributed by atoms with Crippen molar-refractivity contribution in [1.82, 2.24) is 9.80 Å². The van der Waals surface area contributed by atoms with E-state index in [0.29, 0.717) is 11.8 Å². The van der Waals surface area contributed by atoms with Gasteiger partial charge in [0.15, 0.2) is 0 Å². The van der Waals surface area contributed by atoms with Gasteiger partial charge >= 0.3 is 6.03 Å². The van der Waals surface area contributed by atoms with Crippen LogP contribution >= 0.6 is 0 Å². The SMILES string of the molecule is CC(O)CC1CCN(C(=O)N2CCC(CC(C)O)CC2)CC1. The van der Waals surface area contributed by atoms with E-state index in [1.807, 2.05) is 23.6 Å². The molecule has 2 aliphatic rings. The minimum Gasteiger partial charge on any atom is -0.393 e. The predicted molar refractivity (Wildman–Crippen MR) is 86.6 cm³/mol. The predicted octanol–water partition coefficient (Wildman–Crippen LogP) is 2.07. The van der Waals surface area contributed by atoms with Crippen LogP contribution in [-0.2, 0) is 0 Å². The first kappa shape index (κ1) is 17.5. The Balaban J connectivity index is 1.72. The highest BCUT2D eigenvalue weighted by atomic mass is 16.3. The van der Waals surface area contributed by atoms with Gasteiger partial charge in [0.2, 0.25) is 0 Å². The van der Waals surface area contributed by atoms with E-state index in [4.69, 9.17) is 0 Å². The lowest BCUT2D eigenvalue weighted by atomic mass is 9.91. The van der Waals surface area contributed by atoms with Crippen LogP contribution in [0, 0.1) is 11.8 Å². The highest BCUT2D eigenvalue weighted by Crippen LogP contribution is 2.25. The van der Waals surface area contributed by atoms with E-state index in [0.717, 1.165) is 64.7 Å². The lowest BCUT2D eigenvalue weighted by Gasteiger charge is -2.39. The summed E-state index contributed by atoms with van der Waals surface area (Å²) in [5, 5.41) is 18.9. The fourth-order valence-electron chi connectivity index (χ4n) is 3.88. The van der Waals surface area contributed by atoms with E-state index in [9.17, 15) is 15.0 Å². The number of likely N-dealkylation sites (tertiary alicyclic amines) is 2. The van der Waals surface area contributed by atoms with Gasteiger partial charge in [-0.15, -0.1) is 0 Å². The van der Waals surface area contributed by atoms with Crippen molar-refractivity contribution in [3.05, 3.63) is 0 Å². The van der Waals surface area contributed by atoms with Gasteiger partial charge in [-0.1, -0.05) is 0 Å². The smallest absolute Gasteiger partial charge is 0.319 e. The lowest BCUT2D eigenvalue weighted by molar-refractivity contribution is 0.0923. The third-order valence-electron chi connectivity index (χ3n) is 5.12. The molecule has 0 spiro atoms. The summed E-state index contributed by atoms with van der Waals surface area (Å²) in [7, 11) is 0. The van der Waals surface area contributed by atoms with Crippen LogP contribution in [0.25, 0.3) is 0 Å². The van der Waals surface area contributed by atoms with E-state index in [1.54, 1.807) is 0 Å². The number of aliphatic hydroxyl groups excluding tert-OH is 2. The van der Waals surface area contributed by atoms with Crippen LogP contribution in [0.2, 0.25) is 0 Å². The number of urea groups is 1. The minimum absolute atomic E-state index is 0.186. The number of nitrogens with zero attached hydrogens (tertiary/aromatic N) is 2. The molecule has 22 heavy (non-hydrogen) atoms. The first-order chi connectivity index (χ1) is 10.5. The largest absolute Gasteiger partial charge is 0.393 e. The van der Waals surface area contributed by atoms with Crippen LogP contribution < -0.4 is 0 Å². The molecule has 0 aromatic rings. The summed E-state index contributed by atoms with van der Waals surface area (Å²) in [5.41, 5.74) is 0. The van der Waals surface area contributed by atoms with Crippen molar-refractivity contribution in [2.45, 2.75) is 64.6 Å². The number of amides is 2. The van der Waals surface area contributed by atoms with Crippen LogP contribution in [-0.4, -0.2) is 64.4 Å². The molecule has 0 aromatic carbocycles. The number of rotatable bonds is 4. The van der Waals surface area contributed by atoms with Crippen molar-refractivity contribution in [2.24, 2.45) is 11.8 Å². The summed E-state index contributed by atoms with van der Waals surface area (Å²) in [6, 6.07) is 0.186. The lowest BCUT2D eigenvalue weighted by Crippen LogP contribution is -2.49. The number of hydrogen-bond donors (Lipinski definition) is 2. The van der Waals surface area contributed by atoms with Gasteiger partial charge in [-0.25, -0.2) is 4.79 Å². The normalized spacial score (nSPS) is 24.4. The maximum Gasteiger partial charge on any atom is 0.319 e. The number of carbonyl (C=O) groups is 1. The molecule has 5 heteroatoms. The first-order valence-electron chi connectivity index (χ1n) is 8.85. The second-order valence-corrected chi connectivity index (χ2v) is 7.31. The second-order valence-electron chi connectivity index (χ2n) is 7.31. The fourth-order valence-corrected chi connectivity index (χ4v) is 3.88. The van der Waals surface area contributed by atoms with Gasteiger partial charge in [-0.05, 0) is 64.2 Å². The molecule has 2 fully saturated rings. The Morgan fingerprint density at radius 3 is 1.45 bits per heavy atom. The summed E-state index contributed by atoms with van der Waals surface area (Å²) in [6.07, 6.45) is 5.27. The zero-order chi connectivity index (χ0) is 16.1. The average Bonchev–Trinajstić information content (AvgIpc) is 2.47. The monoisotopic (exact) mass is 312 g/mol. The zero-order valence-corrected chi connectivity index (χ0v) is 14.1. The summed E-state index contributed by atoms with van der Waals surface area (Å²) >= 11 is 0. The van der Waals surface area contributed by atoms with Crippen molar-refractivity contribution >= 4 is 6.03 Å². The standard InChI is InChI=1S/C17H32N2O3/c1-13(20)11-15-3-7-18(8-4-15)17(22)19-9-5-16(6-10-19)12-14(2)21/h13-16,20-21H,3-12H2,1-2H3. The van der Waals surface area contributed by atoms with Crippen LogP contribution in [0.4, 0.5) is 4.79 Å². The van der Waals surface area contributed by atoms with E-state index < -0.39 is 0 Å². The number of carbonyl (C=O) groups excluding carboxylic acids is 1. The van der Waals surface area contributed by atoms with Crippen LogP contribution in [0.15, 0.2) is 0 Å². The molecular weight excluding hydrogens is 280 g/mol. The Hall–Kier alpha value is -0.810. The number of hydrogen-bond acceptors (Lipinski definition) is 3. The Labute approximate surface area is 134 Å². The first-order valence-corrected chi connectivity index (χ1v) is 8.85. The molecule has 2 unspecified atom stereocenters. The molecule has 0 aliphatic carbocycles. The molecule has 0 bridgehead atoms. The topological polar surface area (TPSA) is 64.0 Å². The molecule has 2 N–H and O–H groups in total. The van der Waals surface area contributed by atoms with Gasteiger partial charge < -0.3 is 20.0 Å². The van der Waals surface area contributed by atoms with Crippen molar-refractivity contribution in [3.8, 4) is 0 Å². The Morgan fingerprint density at radius 2 is 1.18 bits per heavy atom. The molecule has 2 heterocycles. The quantitative estimate of drug-likeness (QED) is 0.835. The van der Waals surface area contributed by atoms with E-state index in [1.165, 1.54) is 0 Å².